The highest BCUT2D eigenvalue weighted by atomic mass is 32.1. The summed E-state index contributed by atoms with van der Waals surface area (Å²) >= 11 is 1.56. The van der Waals surface area contributed by atoms with Gasteiger partial charge in [0.15, 0.2) is 0 Å². The number of Topliss-reactive ketones (excluding diaryl/α,β-unsaturated/α-hetero) is 1. The predicted molar refractivity (Wildman–Crippen MR) is 59.2 cm³/mol. The van der Waals surface area contributed by atoms with E-state index in [4.69, 9.17) is 4.52 Å². The van der Waals surface area contributed by atoms with Crippen molar-refractivity contribution in [2.24, 2.45) is 0 Å². The molecule has 16 heavy (non-hydrogen) atoms. The van der Waals surface area contributed by atoms with Gasteiger partial charge in [-0.2, -0.15) is 4.98 Å². The zero-order valence-corrected chi connectivity index (χ0v) is 9.37. The molecule has 2 heterocycles. The highest BCUT2D eigenvalue weighted by Crippen LogP contribution is 2.31. The van der Waals surface area contributed by atoms with Crippen molar-refractivity contribution >= 4 is 17.1 Å². The van der Waals surface area contributed by atoms with Gasteiger partial charge in [0.2, 0.25) is 11.7 Å². The van der Waals surface area contributed by atoms with Gasteiger partial charge < -0.3 is 4.52 Å². The summed E-state index contributed by atoms with van der Waals surface area (Å²) in [6.07, 6.45) is 2.41. The first-order valence-corrected chi connectivity index (χ1v) is 6.13. The molecule has 2 aromatic heterocycles. The first-order chi connectivity index (χ1) is 7.84. The van der Waals surface area contributed by atoms with Gasteiger partial charge in [0, 0.05) is 6.42 Å². The Labute approximate surface area is 96.3 Å². The molecule has 1 unspecified atom stereocenters. The summed E-state index contributed by atoms with van der Waals surface area (Å²) < 4.78 is 5.17. The average Bonchev–Trinajstić information content (AvgIpc) is 2.96. The molecular weight excluding hydrogens is 224 g/mol. The van der Waals surface area contributed by atoms with Gasteiger partial charge in [0.25, 0.3) is 0 Å². The average molecular weight is 234 g/mol. The van der Waals surface area contributed by atoms with Crippen molar-refractivity contribution in [2.75, 3.05) is 0 Å². The van der Waals surface area contributed by atoms with Gasteiger partial charge in [0.1, 0.15) is 5.78 Å². The Morgan fingerprint density at radius 2 is 2.44 bits per heavy atom. The van der Waals surface area contributed by atoms with Crippen LogP contribution in [-0.2, 0) is 4.79 Å². The van der Waals surface area contributed by atoms with E-state index in [2.05, 4.69) is 10.1 Å². The van der Waals surface area contributed by atoms with Gasteiger partial charge >= 0.3 is 0 Å². The van der Waals surface area contributed by atoms with Crippen LogP contribution in [0, 0.1) is 0 Å². The minimum atomic E-state index is -0.166. The van der Waals surface area contributed by atoms with Gasteiger partial charge in [-0.15, -0.1) is 11.3 Å². The number of hydrogen-bond donors (Lipinski definition) is 0. The lowest BCUT2D eigenvalue weighted by molar-refractivity contribution is -0.119. The molecule has 1 aliphatic rings. The maximum atomic E-state index is 11.5. The van der Waals surface area contributed by atoms with Crippen molar-refractivity contribution in [1.29, 1.82) is 0 Å². The Morgan fingerprint density at radius 3 is 3.12 bits per heavy atom. The number of carbonyl (C=O) groups excluding carboxylic acids is 1. The summed E-state index contributed by atoms with van der Waals surface area (Å²) in [7, 11) is 0. The van der Waals surface area contributed by atoms with E-state index < -0.39 is 0 Å². The van der Waals surface area contributed by atoms with Crippen LogP contribution in [0.3, 0.4) is 0 Å². The molecule has 0 N–H and O–H groups in total. The van der Waals surface area contributed by atoms with E-state index in [0.717, 1.165) is 17.7 Å². The molecular formula is C11H10N2O2S. The van der Waals surface area contributed by atoms with Crippen LogP contribution in [-0.4, -0.2) is 15.9 Å². The van der Waals surface area contributed by atoms with Crippen LogP contribution in [0.25, 0.3) is 10.7 Å². The minimum Gasteiger partial charge on any atom is -0.338 e. The number of aromatic nitrogens is 2. The van der Waals surface area contributed by atoms with Crippen LogP contribution in [0.5, 0.6) is 0 Å². The predicted octanol–water partition coefficient (Wildman–Crippen LogP) is 2.63. The van der Waals surface area contributed by atoms with Gasteiger partial charge in [-0.1, -0.05) is 11.2 Å². The number of thiophene rings is 1. The molecule has 82 valence electrons. The second-order valence-electron chi connectivity index (χ2n) is 3.84. The maximum absolute atomic E-state index is 11.5. The van der Waals surface area contributed by atoms with Crippen LogP contribution in [0.4, 0.5) is 0 Å². The van der Waals surface area contributed by atoms with Crippen molar-refractivity contribution in [1.82, 2.24) is 10.1 Å². The van der Waals surface area contributed by atoms with Crippen molar-refractivity contribution < 1.29 is 9.32 Å². The van der Waals surface area contributed by atoms with E-state index >= 15 is 0 Å². The molecule has 4 nitrogen and oxygen atoms in total. The number of nitrogens with zero attached hydrogens (tertiary/aromatic N) is 2. The van der Waals surface area contributed by atoms with E-state index in [9.17, 15) is 4.79 Å². The highest BCUT2D eigenvalue weighted by Gasteiger charge is 2.31. The van der Waals surface area contributed by atoms with Crippen molar-refractivity contribution in [3.05, 3.63) is 23.4 Å². The molecule has 0 aromatic carbocycles. The van der Waals surface area contributed by atoms with Crippen LogP contribution < -0.4 is 0 Å². The first kappa shape index (κ1) is 9.72. The molecule has 0 aliphatic heterocycles. The summed E-state index contributed by atoms with van der Waals surface area (Å²) in [4.78, 5) is 16.8. The fourth-order valence-corrected chi connectivity index (χ4v) is 2.61. The first-order valence-electron chi connectivity index (χ1n) is 5.25. The van der Waals surface area contributed by atoms with Gasteiger partial charge in [-0.05, 0) is 24.3 Å². The van der Waals surface area contributed by atoms with Gasteiger partial charge in [0.05, 0.1) is 10.8 Å². The highest BCUT2D eigenvalue weighted by molar-refractivity contribution is 7.13. The molecule has 0 saturated heterocycles. The van der Waals surface area contributed by atoms with Gasteiger partial charge in [-0.3, -0.25) is 4.79 Å². The summed E-state index contributed by atoms with van der Waals surface area (Å²) in [5, 5.41) is 5.87. The third-order valence-corrected chi connectivity index (χ3v) is 3.65. The lowest BCUT2D eigenvalue weighted by atomic mass is 10.1. The molecule has 0 spiro atoms. The molecule has 0 amide bonds. The largest absolute Gasteiger partial charge is 0.338 e. The van der Waals surface area contributed by atoms with Crippen molar-refractivity contribution in [3.63, 3.8) is 0 Å². The molecule has 0 radical (unpaired) electrons. The standard InChI is InChI=1S/C11H10N2O2S/c14-8-4-1-3-7(8)11-12-10(13-15-11)9-5-2-6-16-9/h2,5-7H,1,3-4H2. The molecule has 5 heteroatoms. The van der Waals surface area contributed by atoms with Crippen LogP contribution in [0.1, 0.15) is 31.1 Å². The fraction of sp³-hybridized carbons (Fsp3) is 0.364. The molecule has 1 aliphatic carbocycles. The monoisotopic (exact) mass is 234 g/mol. The van der Waals surface area contributed by atoms with E-state index in [0.29, 0.717) is 18.1 Å². The summed E-state index contributed by atoms with van der Waals surface area (Å²) in [5.74, 6) is 1.12. The van der Waals surface area contributed by atoms with E-state index in [-0.39, 0.29) is 11.7 Å². The normalized spacial score (nSPS) is 20.5. The molecule has 3 rings (SSSR count). The van der Waals surface area contributed by atoms with Crippen LogP contribution in [0.15, 0.2) is 22.0 Å². The number of carbonyl (C=O) groups is 1. The molecule has 1 atom stereocenters. The quantitative estimate of drug-likeness (QED) is 0.801. The lowest BCUT2D eigenvalue weighted by Crippen LogP contribution is -2.04. The second kappa shape index (κ2) is 3.83. The SMILES string of the molecule is O=C1CCCC1c1nc(-c2cccs2)no1. The van der Waals surface area contributed by atoms with Crippen molar-refractivity contribution in [2.45, 2.75) is 25.2 Å². The fourth-order valence-electron chi connectivity index (χ4n) is 1.96. The summed E-state index contributed by atoms with van der Waals surface area (Å²) in [6, 6.07) is 3.88. The van der Waals surface area contributed by atoms with Crippen LogP contribution in [0.2, 0.25) is 0 Å². The summed E-state index contributed by atoms with van der Waals surface area (Å²) in [6.45, 7) is 0. The Bertz CT molecular complexity index is 504. The van der Waals surface area contributed by atoms with E-state index in [1.165, 1.54) is 0 Å². The maximum Gasteiger partial charge on any atom is 0.237 e. The Morgan fingerprint density at radius 1 is 1.50 bits per heavy atom. The summed E-state index contributed by atoms with van der Waals surface area (Å²) in [5.41, 5.74) is 0. The van der Waals surface area contributed by atoms with Crippen LogP contribution >= 0.6 is 11.3 Å². The van der Waals surface area contributed by atoms with E-state index in [1.807, 2.05) is 17.5 Å². The topological polar surface area (TPSA) is 56.0 Å². The Kier molecular flexibility index (Phi) is 2.32. The molecule has 2 aromatic rings. The minimum absolute atomic E-state index is 0.166. The third kappa shape index (κ3) is 1.57. The Balaban J connectivity index is 1.91. The zero-order valence-electron chi connectivity index (χ0n) is 8.55. The second-order valence-corrected chi connectivity index (χ2v) is 4.79. The molecule has 1 fully saturated rings. The molecule has 0 bridgehead atoms. The lowest BCUT2D eigenvalue weighted by Gasteiger charge is -1.98. The van der Waals surface area contributed by atoms with Crippen molar-refractivity contribution in [3.8, 4) is 10.7 Å². The Hall–Kier alpha value is -1.49. The number of rotatable bonds is 2. The van der Waals surface area contributed by atoms with E-state index in [1.54, 1.807) is 11.3 Å². The number of hydrogen-bond acceptors (Lipinski definition) is 5. The van der Waals surface area contributed by atoms with Gasteiger partial charge in [-0.25, -0.2) is 0 Å². The smallest absolute Gasteiger partial charge is 0.237 e. The molecule has 1 saturated carbocycles. The zero-order chi connectivity index (χ0) is 11.0. The third-order valence-electron chi connectivity index (χ3n) is 2.79. The number of ketones is 1.